The Kier molecular flexibility index (Phi) is 7.87. The summed E-state index contributed by atoms with van der Waals surface area (Å²) >= 11 is 2.66. The highest BCUT2D eigenvalue weighted by atomic mass is 32.2. The number of amides is 1. The van der Waals surface area contributed by atoms with Crippen molar-refractivity contribution in [1.82, 2.24) is 14.8 Å². The average Bonchev–Trinajstić information content (AvgIpc) is 3.27. The Morgan fingerprint density at radius 1 is 1.25 bits per heavy atom. The van der Waals surface area contributed by atoms with Gasteiger partial charge >= 0.3 is 5.97 Å². The van der Waals surface area contributed by atoms with Crippen molar-refractivity contribution < 1.29 is 14.3 Å². The molecule has 0 radical (unpaired) electrons. The predicted octanol–water partition coefficient (Wildman–Crippen LogP) is 5.03. The molecule has 0 bridgehead atoms. The lowest BCUT2D eigenvalue weighted by Crippen LogP contribution is -2.17. The van der Waals surface area contributed by atoms with Crippen molar-refractivity contribution in [3.63, 3.8) is 0 Å². The van der Waals surface area contributed by atoms with E-state index in [1.54, 1.807) is 13.0 Å². The molecule has 2 heterocycles. The van der Waals surface area contributed by atoms with Crippen LogP contribution < -0.4 is 5.32 Å². The van der Waals surface area contributed by atoms with E-state index in [0.717, 1.165) is 27.4 Å². The van der Waals surface area contributed by atoms with Crippen LogP contribution in [0.4, 0.5) is 5.00 Å². The second kappa shape index (κ2) is 10.6. The number of hydrogen-bond donors (Lipinski definition) is 1. The molecule has 0 aliphatic carbocycles. The van der Waals surface area contributed by atoms with Gasteiger partial charge in [-0.15, -0.1) is 28.1 Å². The molecule has 0 aliphatic rings. The molecule has 0 saturated carbocycles. The predicted molar refractivity (Wildman–Crippen MR) is 129 cm³/mol. The number of aryl methyl sites for hydroxylation is 2. The van der Waals surface area contributed by atoms with E-state index in [4.69, 9.17) is 4.74 Å². The third-order valence-electron chi connectivity index (χ3n) is 4.86. The van der Waals surface area contributed by atoms with Crippen molar-refractivity contribution in [2.24, 2.45) is 0 Å². The van der Waals surface area contributed by atoms with Gasteiger partial charge in [0, 0.05) is 17.0 Å². The number of nitrogens with zero attached hydrogens (tertiary/aromatic N) is 3. The molecule has 3 rings (SSSR count). The molecule has 9 heteroatoms. The second-order valence-corrected chi connectivity index (χ2v) is 9.23. The highest BCUT2D eigenvalue weighted by Gasteiger charge is 2.22. The fraction of sp³-hybridized carbons (Fsp3) is 0.304. The monoisotopic (exact) mass is 470 g/mol. The quantitative estimate of drug-likeness (QED) is 0.268. The van der Waals surface area contributed by atoms with Crippen molar-refractivity contribution >= 4 is 40.0 Å². The SMILES string of the molecule is C=CCn1c(SCC(=O)Nc2sc(C)c(C)c2C(=O)OCC)nnc1-c1ccccc1C. The normalized spacial score (nSPS) is 10.8. The summed E-state index contributed by atoms with van der Waals surface area (Å²) in [6.07, 6.45) is 1.78. The van der Waals surface area contributed by atoms with Gasteiger partial charge in [-0.05, 0) is 38.8 Å². The van der Waals surface area contributed by atoms with E-state index < -0.39 is 5.97 Å². The van der Waals surface area contributed by atoms with Crippen LogP contribution in [0.15, 0.2) is 42.1 Å². The molecule has 0 unspecified atom stereocenters. The van der Waals surface area contributed by atoms with Gasteiger partial charge in [-0.25, -0.2) is 4.79 Å². The smallest absolute Gasteiger partial charge is 0.341 e. The molecular weight excluding hydrogens is 444 g/mol. The van der Waals surface area contributed by atoms with Crippen LogP contribution in [0.3, 0.4) is 0 Å². The summed E-state index contributed by atoms with van der Waals surface area (Å²) in [5.41, 5.74) is 3.32. The first kappa shape index (κ1) is 23.7. The molecule has 0 atom stereocenters. The Morgan fingerprint density at radius 3 is 2.69 bits per heavy atom. The highest BCUT2D eigenvalue weighted by Crippen LogP contribution is 2.33. The lowest BCUT2D eigenvalue weighted by molar-refractivity contribution is -0.113. The number of rotatable bonds is 9. The number of hydrogen-bond acceptors (Lipinski definition) is 7. The van der Waals surface area contributed by atoms with Crippen LogP contribution in [0, 0.1) is 20.8 Å². The number of anilines is 1. The number of ether oxygens (including phenoxy) is 1. The first-order valence-corrected chi connectivity index (χ1v) is 12.0. The summed E-state index contributed by atoms with van der Waals surface area (Å²) in [6.45, 7) is 12.2. The van der Waals surface area contributed by atoms with Crippen LogP contribution in [0.25, 0.3) is 11.4 Å². The Balaban J connectivity index is 1.76. The van der Waals surface area contributed by atoms with Gasteiger partial charge in [0.05, 0.1) is 17.9 Å². The maximum absolute atomic E-state index is 12.7. The molecule has 1 amide bonds. The standard InChI is InChI=1S/C23H26N4O3S2/c1-6-12-27-20(17-11-9-8-10-14(17)3)25-26-23(27)31-13-18(28)24-21-19(22(29)30-7-2)15(4)16(5)32-21/h6,8-11H,1,7,12-13H2,2-5H3,(H,24,28). The van der Waals surface area contributed by atoms with E-state index in [9.17, 15) is 9.59 Å². The van der Waals surface area contributed by atoms with E-state index in [0.29, 0.717) is 22.3 Å². The van der Waals surface area contributed by atoms with E-state index in [1.165, 1.54) is 23.1 Å². The van der Waals surface area contributed by atoms with Gasteiger partial charge in [0.15, 0.2) is 11.0 Å². The summed E-state index contributed by atoms with van der Waals surface area (Å²) in [7, 11) is 0. The van der Waals surface area contributed by atoms with Gasteiger partial charge < -0.3 is 10.1 Å². The number of benzene rings is 1. The van der Waals surface area contributed by atoms with E-state index >= 15 is 0 Å². The Morgan fingerprint density at radius 2 is 2.00 bits per heavy atom. The zero-order valence-electron chi connectivity index (χ0n) is 18.6. The number of esters is 1. The summed E-state index contributed by atoms with van der Waals surface area (Å²) in [6, 6.07) is 7.96. The Labute approximate surface area is 195 Å². The molecule has 2 aromatic heterocycles. The number of thiophene rings is 1. The van der Waals surface area contributed by atoms with Crippen LogP contribution in [-0.2, 0) is 16.1 Å². The zero-order chi connectivity index (χ0) is 23.3. The van der Waals surface area contributed by atoms with Crippen molar-refractivity contribution in [2.75, 3.05) is 17.7 Å². The number of allylic oxidation sites excluding steroid dienone is 1. The molecule has 1 aromatic carbocycles. The molecule has 1 N–H and O–H groups in total. The number of thioether (sulfide) groups is 1. The van der Waals surface area contributed by atoms with E-state index in [1.807, 2.05) is 49.6 Å². The van der Waals surface area contributed by atoms with Gasteiger partial charge in [-0.1, -0.05) is 42.1 Å². The van der Waals surface area contributed by atoms with Crippen LogP contribution in [0.1, 0.15) is 33.3 Å². The molecule has 32 heavy (non-hydrogen) atoms. The summed E-state index contributed by atoms with van der Waals surface area (Å²) in [5.74, 6) is 0.208. The topological polar surface area (TPSA) is 86.1 Å². The minimum atomic E-state index is -0.425. The molecular formula is C23H26N4O3S2. The number of aromatic nitrogens is 3. The van der Waals surface area contributed by atoms with Crippen molar-refractivity contribution in [3.8, 4) is 11.4 Å². The van der Waals surface area contributed by atoms with Crippen LogP contribution in [0.2, 0.25) is 0 Å². The maximum Gasteiger partial charge on any atom is 0.341 e. The minimum Gasteiger partial charge on any atom is -0.462 e. The van der Waals surface area contributed by atoms with Gasteiger partial charge in [-0.2, -0.15) is 0 Å². The maximum atomic E-state index is 12.7. The number of carbonyl (C=O) groups excluding carboxylic acids is 2. The summed E-state index contributed by atoms with van der Waals surface area (Å²) in [4.78, 5) is 26.0. The summed E-state index contributed by atoms with van der Waals surface area (Å²) < 4.78 is 7.09. The van der Waals surface area contributed by atoms with Crippen molar-refractivity contribution in [3.05, 3.63) is 58.5 Å². The van der Waals surface area contributed by atoms with Crippen LogP contribution in [0.5, 0.6) is 0 Å². The van der Waals surface area contributed by atoms with Gasteiger partial charge in [0.2, 0.25) is 5.91 Å². The number of carbonyl (C=O) groups is 2. The lowest BCUT2D eigenvalue weighted by atomic mass is 10.1. The van der Waals surface area contributed by atoms with Crippen LogP contribution in [-0.4, -0.2) is 39.0 Å². The van der Waals surface area contributed by atoms with Crippen molar-refractivity contribution in [2.45, 2.75) is 39.4 Å². The van der Waals surface area contributed by atoms with Gasteiger partial charge in [0.25, 0.3) is 0 Å². The molecule has 0 saturated heterocycles. The highest BCUT2D eigenvalue weighted by molar-refractivity contribution is 7.99. The molecule has 168 valence electrons. The Hall–Kier alpha value is -2.91. The van der Waals surface area contributed by atoms with Crippen molar-refractivity contribution in [1.29, 1.82) is 0 Å². The zero-order valence-corrected chi connectivity index (χ0v) is 20.2. The minimum absolute atomic E-state index is 0.126. The van der Waals surface area contributed by atoms with E-state index in [2.05, 4.69) is 22.1 Å². The van der Waals surface area contributed by atoms with E-state index in [-0.39, 0.29) is 18.3 Å². The molecule has 0 aliphatic heterocycles. The first-order chi connectivity index (χ1) is 15.4. The fourth-order valence-corrected chi connectivity index (χ4v) is 4.98. The largest absolute Gasteiger partial charge is 0.462 e. The third kappa shape index (κ3) is 5.11. The molecule has 7 nitrogen and oxygen atoms in total. The van der Waals surface area contributed by atoms with Crippen LogP contribution >= 0.6 is 23.1 Å². The summed E-state index contributed by atoms with van der Waals surface area (Å²) in [5, 5.41) is 12.6. The van der Waals surface area contributed by atoms with Gasteiger partial charge in [0.1, 0.15) is 5.00 Å². The third-order valence-corrected chi connectivity index (χ3v) is 6.95. The molecule has 0 spiro atoms. The molecule has 0 fully saturated rings. The Bertz CT molecular complexity index is 1150. The van der Waals surface area contributed by atoms with Gasteiger partial charge in [-0.3, -0.25) is 9.36 Å². The average molecular weight is 471 g/mol. The lowest BCUT2D eigenvalue weighted by Gasteiger charge is -2.10. The first-order valence-electron chi connectivity index (χ1n) is 10.2. The molecule has 3 aromatic rings. The second-order valence-electron chi connectivity index (χ2n) is 7.07. The fourth-order valence-electron chi connectivity index (χ4n) is 3.17. The number of nitrogens with one attached hydrogen (secondary N) is 1.